The number of likely N-dealkylation sites (tertiary alicyclic amines) is 1. The number of rotatable bonds is 3. The molecule has 0 aromatic heterocycles. The monoisotopic (exact) mass is 205 g/mol. The number of aliphatic carboxylic acids is 1. The van der Waals surface area contributed by atoms with E-state index in [9.17, 15) is 13.6 Å². The van der Waals surface area contributed by atoms with Crippen LogP contribution >= 0.6 is 0 Å². The van der Waals surface area contributed by atoms with E-state index in [1.165, 1.54) is 0 Å². The van der Waals surface area contributed by atoms with E-state index >= 15 is 0 Å². The molecule has 2 aliphatic rings. The number of alkyl halides is 2. The molecule has 1 N–H and O–H groups in total. The normalized spacial score (nSPS) is 28.1. The van der Waals surface area contributed by atoms with Crippen LogP contribution in [0.2, 0.25) is 0 Å². The number of hydrogen-bond donors (Lipinski definition) is 1. The molecule has 3 nitrogen and oxygen atoms in total. The minimum atomic E-state index is -2.46. The van der Waals surface area contributed by atoms with Crippen molar-refractivity contribution in [3.63, 3.8) is 0 Å². The smallest absolute Gasteiger partial charge is 0.309 e. The summed E-state index contributed by atoms with van der Waals surface area (Å²) in [7, 11) is 0. The molecule has 0 aromatic carbocycles. The Morgan fingerprint density at radius 1 is 1.43 bits per heavy atom. The molecule has 0 atom stereocenters. The first-order valence-corrected chi connectivity index (χ1v) is 4.79. The predicted octanol–water partition coefficient (Wildman–Crippen LogP) is 1.05. The summed E-state index contributed by atoms with van der Waals surface area (Å²) < 4.78 is 24.9. The maximum atomic E-state index is 12.5. The quantitative estimate of drug-likeness (QED) is 0.748. The van der Waals surface area contributed by atoms with Crippen molar-refractivity contribution in [2.24, 2.45) is 11.8 Å². The van der Waals surface area contributed by atoms with E-state index in [1.54, 1.807) is 0 Å². The lowest BCUT2D eigenvalue weighted by molar-refractivity contribution is -0.151. The Morgan fingerprint density at radius 3 is 2.43 bits per heavy atom. The van der Waals surface area contributed by atoms with Crippen LogP contribution < -0.4 is 0 Å². The summed E-state index contributed by atoms with van der Waals surface area (Å²) in [6.45, 7) is 1.69. The molecule has 0 spiro atoms. The van der Waals surface area contributed by atoms with Gasteiger partial charge in [-0.15, -0.1) is 0 Å². The van der Waals surface area contributed by atoms with Crippen molar-refractivity contribution >= 4 is 5.97 Å². The van der Waals surface area contributed by atoms with Gasteiger partial charge in [0, 0.05) is 32.5 Å². The lowest BCUT2D eigenvalue weighted by Crippen LogP contribution is -2.54. The highest BCUT2D eigenvalue weighted by molar-refractivity contribution is 5.71. The second-order valence-corrected chi connectivity index (χ2v) is 4.38. The summed E-state index contributed by atoms with van der Waals surface area (Å²) in [6.07, 6.45) is -0.0531. The van der Waals surface area contributed by atoms with Crippen molar-refractivity contribution < 1.29 is 18.7 Å². The Hall–Kier alpha value is -0.710. The highest BCUT2D eigenvalue weighted by atomic mass is 19.3. The topological polar surface area (TPSA) is 40.5 Å². The van der Waals surface area contributed by atoms with E-state index in [4.69, 9.17) is 5.11 Å². The van der Waals surface area contributed by atoms with Crippen LogP contribution in [0.5, 0.6) is 0 Å². The van der Waals surface area contributed by atoms with Crippen LogP contribution in [0.3, 0.4) is 0 Å². The van der Waals surface area contributed by atoms with Gasteiger partial charge in [-0.1, -0.05) is 0 Å². The third kappa shape index (κ3) is 1.87. The molecule has 5 heteroatoms. The number of carbonyl (C=O) groups is 1. The third-order valence-corrected chi connectivity index (χ3v) is 3.00. The summed E-state index contributed by atoms with van der Waals surface area (Å²) in [6, 6.07) is 0. The van der Waals surface area contributed by atoms with E-state index in [1.807, 2.05) is 4.90 Å². The molecule has 1 saturated carbocycles. The first-order chi connectivity index (χ1) is 6.46. The minimum absolute atomic E-state index is 0.0265. The van der Waals surface area contributed by atoms with E-state index in [-0.39, 0.29) is 24.7 Å². The van der Waals surface area contributed by atoms with Crippen LogP contribution in [-0.2, 0) is 4.79 Å². The predicted molar refractivity (Wildman–Crippen MR) is 45.2 cm³/mol. The van der Waals surface area contributed by atoms with Crippen molar-refractivity contribution in [3.05, 3.63) is 0 Å². The molecular formula is C9H13F2NO2. The second-order valence-electron chi connectivity index (χ2n) is 4.38. The Kier molecular flexibility index (Phi) is 2.21. The summed E-state index contributed by atoms with van der Waals surface area (Å²) in [4.78, 5) is 12.4. The fraction of sp³-hybridized carbons (Fsp3) is 0.889. The Bertz CT molecular complexity index is 243. The molecule has 1 aliphatic carbocycles. The highest BCUT2D eigenvalue weighted by Gasteiger charge is 2.46. The zero-order valence-electron chi connectivity index (χ0n) is 7.75. The van der Waals surface area contributed by atoms with Gasteiger partial charge >= 0.3 is 5.97 Å². The van der Waals surface area contributed by atoms with Gasteiger partial charge in [-0.05, 0) is 5.92 Å². The maximum absolute atomic E-state index is 12.5. The Labute approximate surface area is 80.7 Å². The SMILES string of the molecule is O=C(O)C1CN(CC2CC(F)(F)C2)C1. The molecule has 0 unspecified atom stereocenters. The standard InChI is InChI=1S/C9H13F2NO2/c10-9(11)1-6(2-9)3-12-4-7(5-12)8(13)14/h6-7H,1-5H2,(H,13,14). The van der Waals surface area contributed by atoms with Crippen LogP contribution in [0.15, 0.2) is 0 Å². The fourth-order valence-corrected chi connectivity index (χ4v) is 2.15. The molecular weight excluding hydrogens is 192 g/mol. The molecule has 1 heterocycles. The van der Waals surface area contributed by atoms with Crippen molar-refractivity contribution in [1.82, 2.24) is 4.90 Å². The van der Waals surface area contributed by atoms with Crippen molar-refractivity contribution in [2.45, 2.75) is 18.8 Å². The molecule has 0 aromatic rings. The van der Waals surface area contributed by atoms with Gasteiger partial charge < -0.3 is 10.0 Å². The number of carboxylic acid groups (broad SMARTS) is 1. The number of hydrogen-bond acceptors (Lipinski definition) is 2. The molecule has 2 rings (SSSR count). The lowest BCUT2D eigenvalue weighted by atomic mass is 9.80. The van der Waals surface area contributed by atoms with Crippen LogP contribution in [-0.4, -0.2) is 41.5 Å². The maximum Gasteiger partial charge on any atom is 0.309 e. The average molecular weight is 205 g/mol. The van der Waals surface area contributed by atoms with Crippen molar-refractivity contribution in [2.75, 3.05) is 19.6 Å². The first-order valence-electron chi connectivity index (χ1n) is 4.79. The van der Waals surface area contributed by atoms with Gasteiger partial charge in [0.25, 0.3) is 0 Å². The zero-order chi connectivity index (χ0) is 10.3. The number of halogens is 2. The van der Waals surface area contributed by atoms with Crippen LogP contribution in [0.4, 0.5) is 8.78 Å². The largest absolute Gasteiger partial charge is 0.481 e. The number of carboxylic acids is 1. The molecule has 0 radical (unpaired) electrons. The van der Waals surface area contributed by atoms with Gasteiger partial charge in [-0.2, -0.15) is 0 Å². The zero-order valence-corrected chi connectivity index (χ0v) is 7.75. The van der Waals surface area contributed by atoms with Gasteiger partial charge in [0.15, 0.2) is 0 Å². The molecule has 14 heavy (non-hydrogen) atoms. The molecule has 0 amide bonds. The first kappa shape index (κ1) is 9.83. The van der Waals surface area contributed by atoms with Crippen LogP contribution in [0, 0.1) is 11.8 Å². The Balaban J connectivity index is 1.64. The van der Waals surface area contributed by atoms with Gasteiger partial charge in [0.1, 0.15) is 0 Å². The highest BCUT2D eigenvalue weighted by Crippen LogP contribution is 2.43. The molecule has 1 aliphatic heterocycles. The summed E-state index contributed by atoms with van der Waals surface area (Å²) >= 11 is 0. The second kappa shape index (κ2) is 3.15. The van der Waals surface area contributed by atoms with Crippen molar-refractivity contribution in [3.8, 4) is 0 Å². The summed E-state index contributed by atoms with van der Waals surface area (Å²) in [5, 5.41) is 8.59. The average Bonchev–Trinajstić information content (AvgIpc) is 1.90. The lowest BCUT2D eigenvalue weighted by Gasteiger charge is -2.43. The van der Waals surface area contributed by atoms with Crippen LogP contribution in [0.1, 0.15) is 12.8 Å². The van der Waals surface area contributed by atoms with Gasteiger partial charge in [-0.3, -0.25) is 4.79 Å². The van der Waals surface area contributed by atoms with E-state index in [2.05, 4.69) is 0 Å². The van der Waals surface area contributed by atoms with Crippen molar-refractivity contribution in [1.29, 1.82) is 0 Å². The summed E-state index contributed by atoms with van der Waals surface area (Å²) in [5.74, 6) is -3.45. The van der Waals surface area contributed by atoms with Gasteiger partial charge in [0.05, 0.1) is 5.92 Å². The van der Waals surface area contributed by atoms with E-state index in [0.717, 1.165) is 0 Å². The van der Waals surface area contributed by atoms with Gasteiger partial charge in [-0.25, -0.2) is 8.78 Å². The van der Waals surface area contributed by atoms with Gasteiger partial charge in [0.2, 0.25) is 5.92 Å². The molecule has 80 valence electrons. The molecule has 1 saturated heterocycles. The summed E-state index contributed by atoms with van der Waals surface area (Å²) in [5.41, 5.74) is 0. The minimum Gasteiger partial charge on any atom is -0.481 e. The third-order valence-electron chi connectivity index (χ3n) is 3.00. The fourth-order valence-electron chi connectivity index (χ4n) is 2.15. The molecule has 2 fully saturated rings. The molecule has 0 bridgehead atoms. The van der Waals surface area contributed by atoms with E-state index < -0.39 is 11.9 Å². The Morgan fingerprint density at radius 2 is 2.00 bits per heavy atom. The van der Waals surface area contributed by atoms with E-state index in [0.29, 0.717) is 19.6 Å². The van der Waals surface area contributed by atoms with Crippen LogP contribution in [0.25, 0.3) is 0 Å². The number of nitrogens with zero attached hydrogens (tertiary/aromatic N) is 1.